The molecule has 110 valence electrons. The highest BCUT2D eigenvalue weighted by molar-refractivity contribution is 9.10. The van der Waals surface area contributed by atoms with Gasteiger partial charge in [0.05, 0.1) is 5.69 Å². The smallest absolute Gasteiger partial charge is 0.312 e. The molecule has 0 saturated heterocycles. The Kier molecular flexibility index (Phi) is 3.99. The Morgan fingerprint density at radius 3 is 3.00 bits per heavy atom. The molecular formula is C15H15BrN2O2S. The molecule has 3 rings (SSSR count). The van der Waals surface area contributed by atoms with E-state index in [1.165, 1.54) is 5.56 Å². The molecule has 1 aromatic heterocycles. The molecule has 1 aliphatic rings. The third-order valence-corrected chi connectivity index (χ3v) is 5.72. The fraction of sp³-hybridized carbons (Fsp3) is 0.333. The van der Waals surface area contributed by atoms with Crippen molar-refractivity contribution in [3.05, 3.63) is 44.9 Å². The minimum Gasteiger partial charge on any atom is -0.481 e. The summed E-state index contributed by atoms with van der Waals surface area (Å²) in [6.07, 6.45) is 1.50. The summed E-state index contributed by atoms with van der Waals surface area (Å²) in [6.45, 7) is 0.742. The number of thiazole rings is 1. The Morgan fingerprint density at radius 1 is 1.52 bits per heavy atom. The number of hydrogen-bond donors (Lipinski definition) is 1. The van der Waals surface area contributed by atoms with Crippen molar-refractivity contribution >= 4 is 38.4 Å². The van der Waals surface area contributed by atoms with Crippen molar-refractivity contribution in [3.63, 3.8) is 0 Å². The van der Waals surface area contributed by atoms with Gasteiger partial charge in [0.15, 0.2) is 5.13 Å². The Labute approximate surface area is 135 Å². The number of nitrogens with zero attached hydrogens (tertiary/aromatic N) is 2. The molecule has 1 aromatic carbocycles. The second-order valence-electron chi connectivity index (χ2n) is 5.18. The lowest BCUT2D eigenvalue weighted by Gasteiger charge is -2.17. The van der Waals surface area contributed by atoms with Gasteiger partial charge >= 0.3 is 5.97 Å². The number of halogens is 1. The number of aryl methyl sites for hydroxylation is 1. The SMILES string of the molecule is CN(Cc1ccccc1Br)c1nc2c(s1)CCC2C(=O)O. The van der Waals surface area contributed by atoms with Crippen LogP contribution in [-0.4, -0.2) is 23.1 Å². The molecular weight excluding hydrogens is 352 g/mol. The highest BCUT2D eigenvalue weighted by Crippen LogP contribution is 2.39. The fourth-order valence-electron chi connectivity index (χ4n) is 2.57. The maximum atomic E-state index is 11.2. The number of rotatable bonds is 4. The minimum absolute atomic E-state index is 0.429. The van der Waals surface area contributed by atoms with Gasteiger partial charge in [-0.1, -0.05) is 34.1 Å². The van der Waals surface area contributed by atoms with Crippen LogP contribution in [0.25, 0.3) is 0 Å². The molecule has 0 saturated carbocycles. The van der Waals surface area contributed by atoms with Crippen molar-refractivity contribution in [2.24, 2.45) is 0 Å². The van der Waals surface area contributed by atoms with Crippen LogP contribution in [0.3, 0.4) is 0 Å². The molecule has 2 aromatic rings. The maximum Gasteiger partial charge on any atom is 0.312 e. The summed E-state index contributed by atoms with van der Waals surface area (Å²) in [5.41, 5.74) is 1.95. The van der Waals surface area contributed by atoms with E-state index in [0.29, 0.717) is 6.42 Å². The lowest BCUT2D eigenvalue weighted by molar-refractivity contribution is -0.138. The van der Waals surface area contributed by atoms with Crippen LogP contribution >= 0.6 is 27.3 Å². The van der Waals surface area contributed by atoms with Crippen LogP contribution in [0.2, 0.25) is 0 Å². The van der Waals surface area contributed by atoms with E-state index in [1.54, 1.807) is 11.3 Å². The van der Waals surface area contributed by atoms with Gasteiger partial charge in [-0.2, -0.15) is 0 Å². The van der Waals surface area contributed by atoms with E-state index in [2.05, 4.69) is 31.9 Å². The summed E-state index contributed by atoms with van der Waals surface area (Å²) in [5, 5.41) is 10.1. The number of anilines is 1. The van der Waals surface area contributed by atoms with E-state index in [4.69, 9.17) is 0 Å². The number of carboxylic acids is 1. The second kappa shape index (κ2) is 5.77. The Bertz CT molecular complexity index is 686. The first-order valence-electron chi connectivity index (χ1n) is 6.73. The molecule has 4 nitrogen and oxygen atoms in total. The third-order valence-electron chi connectivity index (χ3n) is 3.70. The van der Waals surface area contributed by atoms with Crippen molar-refractivity contribution in [3.8, 4) is 0 Å². The van der Waals surface area contributed by atoms with E-state index in [0.717, 1.165) is 33.1 Å². The van der Waals surface area contributed by atoms with E-state index in [1.807, 2.05) is 25.2 Å². The number of hydrogen-bond acceptors (Lipinski definition) is 4. The summed E-state index contributed by atoms with van der Waals surface area (Å²) in [7, 11) is 1.99. The van der Waals surface area contributed by atoms with E-state index in [-0.39, 0.29) is 0 Å². The molecule has 1 heterocycles. The second-order valence-corrected chi connectivity index (χ2v) is 7.10. The molecule has 1 N–H and O–H groups in total. The zero-order chi connectivity index (χ0) is 15.0. The Morgan fingerprint density at radius 2 is 2.29 bits per heavy atom. The zero-order valence-corrected chi connectivity index (χ0v) is 13.9. The van der Waals surface area contributed by atoms with Crippen LogP contribution < -0.4 is 4.90 Å². The van der Waals surface area contributed by atoms with Crippen molar-refractivity contribution < 1.29 is 9.90 Å². The van der Waals surface area contributed by atoms with Gasteiger partial charge in [0, 0.05) is 22.9 Å². The number of carboxylic acid groups (broad SMARTS) is 1. The van der Waals surface area contributed by atoms with E-state index < -0.39 is 11.9 Å². The third kappa shape index (κ3) is 2.82. The van der Waals surface area contributed by atoms with Gasteiger partial charge in [0.2, 0.25) is 0 Å². The first-order valence-corrected chi connectivity index (χ1v) is 8.34. The largest absolute Gasteiger partial charge is 0.481 e. The van der Waals surface area contributed by atoms with Crippen LogP contribution in [0, 0.1) is 0 Å². The zero-order valence-electron chi connectivity index (χ0n) is 11.5. The van der Waals surface area contributed by atoms with Gasteiger partial charge in [-0.15, -0.1) is 11.3 Å². The van der Waals surface area contributed by atoms with Crippen LogP contribution in [-0.2, 0) is 17.8 Å². The summed E-state index contributed by atoms with van der Waals surface area (Å²) in [6, 6.07) is 8.09. The van der Waals surface area contributed by atoms with Crippen molar-refractivity contribution in [2.75, 3.05) is 11.9 Å². The molecule has 21 heavy (non-hydrogen) atoms. The van der Waals surface area contributed by atoms with Crippen molar-refractivity contribution in [1.29, 1.82) is 0 Å². The van der Waals surface area contributed by atoms with Gasteiger partial charge in [0.25, 0.3) is 0 Å². The van der Waals surface area contributed by atoms with E-state index >= 15 is 0 Å². The average Bonchev–Trinajstić information content (AvgIpc) is 3.00. The van der Waals surface area contributed by atoms with Crippen LogP contribution in [0.4, 0.5) is 5.13 Å². The number of carbonyl (C=O) groups is 1. The van der Waals surface area contributed by atoms with Crippen molar-refractivity contribution in [1.82, 2.24) is 4.98 Å². The van der Waals surface area contributed by atoms with Gasteiger partial charge in [-0.05, 0) is 24.5 Å². The first-order chi connectivity index (χ1) is 10.1. The van der Waals surface area contributed by atoms with Crippen LogP contribution in [0.15, 0.2) is 28.7 Å². The Hall–Kier alpha value is -1.40. The van der Waals surface area contributed by atoms with Gasteiger partial charge in [0.1, 0.15) is 5.92 Å². The predicted octanol–water partition coefficient (Wildman–Crippen LogP) is 3.66. The highest BCUT2D eigenvalue weighted by atomic mass is 79.9. The van der Waals surface area contributed by atoms with Gasteiger partial charge < -0.3 is 10.0 Å². The molecule has 0 fully saturated rings. The number of benzene rings is 1. The number of fused-ring (bicyclic) bond motifs is 1. The molecule has 1 aliphatic carbocycles. The molecule has 1 unspecified atom stereocenters. The summed E-state index contributed by atoms with van der Waals surface area (Å²) < 4.78 is 1.07. The first kappa shape index (κ1) is 14.5. The molecule has 0 radical (unpaired) electrons. The minimum atomic E-state index is -0.765. The topological polar surface area (TPSA) is 53.4 Å². The highest BCUT2D eigenvalue weighted by Gasteiger charge is 2.32. The van der Waals surface area contributed by atoms with Gasteiger partial charge in [-0.25, -0.2) is 4.98 Å². The Balaban J connectivity index is 1.81. The molecule has 0 spiro atoms. The molecule has 0 aliphatic heterocycles. The standard InChI is InChI=1S/C15H15BrN2O2S/c1-18(8-9-4-2-3-5-11(9)16)15-17-13-10(14(19)20)6-7-12(13)21-15/h2-5,10H,6-8H2,1H3,(H,19,20). The van der Waals surface area contributed by atoms with Crippen LogP contribution in [0.1, 0.15) is 28.5 Å². The van der Waals surface area contributed by atoms with E-state index in [9.17, 15) is 9.90 Å². The maximum absolute atomic E-state index is 11.2. The lowest BCUT2D eigenvalue weighted by atomic mass is 10.1. The molecule has 0 amide bonds. The van der Waals surface area contributed by atoms with Crippen LogP contribution in [0.5, 0.6) is 0 Å². The van der Waals surface area contributed by atoms with Crippen molar-refractivity contribution in [2.45, 2.75) is 25.3 Å². The molecule has 1 atom stereocenters. The molecule has 0 bridgehead atoms. The monoisotopic (exact) mass is 366 g/mol. The number of aromatic nitrogens is 1. The average molecular weight is 367 g/mol. The molecule has 6 heteroatoms. The van der Waals surface area contributed by atoms with Gasteiger partial charge in [-0.3, -0.25) is 4.79 Å². The fourth-order valence-corrected chi connectivity index (χ4v) is 4.07. The summed E-state index contributed by atoms with van der Waals surface area (Å²) in [4.78, 5) is 19.0. The number of aliphatic carboxylic acids is 1. The normalized spacial score (nSPS) is 16.8. The lowest BCUT2D eigenvalue weighted by Crippen LogP contribution is -2.17. The predicted molar refractivity (Wildman–Crippen MR) is 87.1 cm³/mol. The summed E-state index contributed by atoms with van der Waals surface area (Å²) in [5.74, 6) is -1.19. The quantitative estimate of drug-likeness (QED) is 0.896. The summed E-state index contributed by atoms with van der Waals surface area (Å²) >= 11 is 5.16.